The molecule has 0 saturated carbocycles. The predicted molar refractivity (Wildman–Crippen MR) is 69.1 cm³/mol. The van der Waals surface area contributed by atoms with Gasteiger partial charge < -0.3 is 5.11 Å². The van der Waals surface area contributed by atoms with Gasteiger partial charge in [-0.2, -0.15) is 0 Å². The van der Waals surface area contributed by atoms with E-state index in [4.69, 9.17) is 11.6 Å². The fraction of sp³-hybridized carbons (Fsp3) is 0.214. The van der Waals surface area contributed by atoms with E-state index in [0.29, 0.717) is 6.42 Å². The van der Waals surface area contributed by atoms with Crippen LogP contribution in [-0.4, -0.2) is 15.8 Å². The molecule has 1 aromatic carbocycles. The Morgan fingerprint density at radius 2 is 2.00 bits per heavy atom. The summed E-state index contributed by atoms with van der Waals surface area (Å²) in [5, 5.41) is 9.26. The van der Waals surface area contributed by atoms with Gasteiger partial charge in [-0.1, -0.05) is 30.4 Å². The second-order valence-corrected chi connectivity index (χ2v) is 4.76. The van der Waals surface area contributed by atoms with Crippen molar-refractivity contribution in [2.45, 2.75) is 18.2 Å². The van der Waals surface area contributed by atoms with E-state index < -0.39 is 4.87 Å². The minimum Gasteiger partial charge on any atom is -0.508 e. The predicted octanol–water partition coefficient (Wildman–Crippen LogP) is 3.30. The van der Waals surface area contributed by atoms with Gasteiger partial charge in [-0.05, 0) is 36.6 Å². The SMILES string of the molecule is CC(=O)C1(Cl)CC=CC=C1c1ccc(O)cc1. The van der Waals surface area contributed by atoms with Crippen LogP contribution in [0.3, 0.4) is 0 Å². The van der Waals surface area contributed by atoms with Crippen LogP contribution < -0.4 is 0 Å². The number of carbonyl (C=O) groups excluding carboxylic acids is 1. The zero-order valence-electron chi connectivity index (χ0n) is 9.48. The molecule has 3 heteroatoms. The van der Waals surface area contributed by atoms with Gasteiger partial charge in [0, 0.05) is 0 Å². The topological polar surface area (TPSA) is 37.3 Å². The highest BCUT2D eigenvalue weighted by Gasteiger charge is 2.37. The van der Waals surface area contributed by atoms with Gasteiger partial charge in [0.05, 0.1) is 0 Å². The summed E-state index contributed by atoms with van der Waals surface area (Å²) < 4.78 is 0. The molecule has 2 rings (SSSR count). The van der Waals surface area contributed by atoms with E-state index in [1.165, 1.54) is 6.92 Å². The number of hydrogen-bond acceptors (Lipinski definition) is 2. The van der Waals surface area contributed by atoms with Gasteiger partial charge >= 0.3 is 0 Å². The molecule has 0 aromatic heterocycles. The molecule has 17 heavy (non-hydrogen) atoms. The molecule has 1 aromatic rings. The number of ketones is 1. The molecule has 0 bridgehead atoms. The lowest BCUT2D eigenvalue weighted by atomic mass is 9.83. The lowest BCUT2D eigenvalue weighted by Crippen LogP contribution is -2.32. The summed E-state index contributed by atoms with van der Waals surface area (Å²) in [5.41, 5.74) is 1.64. The summed E-state index contributed by atoms with van der Waals surface area (Å²) in [5.74, 6) is 0.131. The normalized spacial score (nSPS) is 23.3. The highest BCUT2D eigenvalue weighted by atomic mass is 35.5. The van der Waals surface area contributed by atoms with Gasteiger partial charge in [-0.25, -0.2) is 0 Å². The zero-order chi connectivity index (χ0) is 12.5. The van der Waals surface area contributed by atoms with Crippen LogP contribution in [0.5, 0.6) is 5.75 Å². The van der Waals surface area contributed by atoms with Crippen LogP contribution in [0.25, 0.3) is 5.57 Å². The largest absolute Gasteiger partial charge is 0.508 e. The van der Waals surface area contributed by atoms with E-state index >= 15 is 0 Å². The second-order valence-electron chi connectivity index (χ2n) is 4.12. The molecule has 0 heterocycles. The van der Waals surface area contributed by atoms with Gasteiger partial charge in [0.1, 0.15) is 10.6 Å². The van der Waals surface area contributed by atoms with Gasteiger partial charge in [-0.3, -0.25) is 4.79 Å². The Balaban J connectivity index is 2.48. The van der Waals surface area contributed by atoms with Crippen LogP contribution in [0.15, 0.2) is 42.5 Å². The number of alkyl halides is 1. The molecule has 1 unspecified atom stereocenters. The molecule has 1 atom stereocenters. The Labute approximate surface area is 105 Å². The summed E-state index contributed by atoms with van der Waals surface area (Å²) in [6, 6.07) is 6.71. The molecule has 1 aliphatic carbocycles. The quantitative estimate of drug-likeness (QED) is 0.816. The van der Waals surface area contributed by atoms with Crippen molar-refractivity contribution in [3.05, 3.63) is 48.1 Å². The standard InChI is InChI=1S/C14H13ClO2/c1-10(16)14(15)9-3-2-4-13(14)11-5-7-12(17)8-6-11/h2-8,17H,9H2,1H3. The van der Waals surface area contributed by atoms with Gasteiger partial charge in [-0.15, -0.1) is 11.6 Å². The van der Waals surface area contributed by atoms with E-state index in [2.05, 4.69) is 0 Å². The van der Waals surface area contributed by atoms with Gasteiger partial charge in [0.25, 0.3) is 0 Å². The summed E-state index contributed by atoms with van der Waals surface area (Å²) in [7, 11) is 0. The summed E-state index contributed by atoms with van der Waals surface area (Å²) in [6.07, 6.45) is 6.13. The van der Waals surface area contributed by atoms with E-state index in [1.54, 1.807) is 24.3 Å². The maximum Gasteiger partial charge on any atom is 0.155 e. The van der Waals surface area contributed by atoms with Gasteiger partial charge in [0.15, 0.2) is 5.78 Å². The molecule has 0 fully saturated rings. The van der Waals surface area contributed by atoms with E-state index in [1.807, 2.05) is 18.2 Å². The highest BCUT2D eigenvalue weighted by molar-refractivity contribution is 6.42. The maximum absolute atomic E-state index is 11.7. The Hall–Kier alpha value is -1.54. The van der Waals surface area contributed by atoms with Gasteiger partial charge in [0.2, 0.25) is 0 Å². The molecule has 0 radical (unpaired) electrons. The van der Waals surface area contributed by atoms with Crippen molar-refractivity contribution in [2.75, 3.05) is 0 Å². The number of phenolic OH excluding ortho intramolecular Hbond substituents is 1. The highest BCUT2D eigenvalue weighted by Crippen LogP contribution is 2.40. The Morgan fingerprint density at radius 1 is 1.35 bits per heavy atom. The summed E-state index contributed by atoms with van der Waals surface area (Å²) in [6.45, 7) is 1.50. The number of phenols is 1. The third-order valence-corrected chi connectivity index (χ3v) is 3.59. The molecule has 1 N–H and O–H groups in total. The molecule has 0 amide bonds. The van der Waals surface area contributed by atoms with Crippen molar-refractivity contribution in [1.82, 2.24) is 0 Å². The van der Waals surface area contributed by atoms with Crippen molar-refractivity contribution >= 4 is 23.0 Å². The first-order valence-corrected chi connectivity index (χ1v) is 5.78. The number of benzene rings is 1. The van der Waals surface area contributed by atoms with Crippen molar-refractivity contribution in [2.24, 2.45) is 0 Å². The minimum absolute atomic E-state index is 0.0668. The molecule has 2 nitrogen and oxygen atoms in total. The number of rotatable bonds is 2. The second kappa shape index (κ2) is 4.38. The number of carbonyl (C=O) groups is 1. The zero-order valence-corrected chi connectivity index (χ0v) is 10.2. The third kappa shape index (κ3) is 2.13. The van der Waals surface area contributed by atoms with Crippen molar-refractivity contribution < 1.29 is 9.90 Å². The molecule has 1 aliphatic rings. The van der Waals surface area contributed by atoms with E-state index in [0.717, 1.165) is 11.1 Å². The van der Waals surface area contributed by atoms with Crippen LogP contribution in [0.4, 0.5) is 0 Å². The van der Waals surface area contributed by atoms with Crippen LogP contribution >= 0.6 is 11.6 Å². The lowest BCUT2D eigenvalue weighted by molar-refractivity contribution is -0.118. The average molecular weight is 249 g/mol. The van der Waals surface area contributed by atoms with Crippen molar-refractivity contribution in [3.8, 4) is 5.75 Å². The van der Waals surface area contributed by atoms with Crippen LogP contribution in [0.1, 0.15) is 18.9 Å². The van der Waals surface area contributed by atoms with E-state index in [-0.39, 0.29) is 11.5 Å². The number of hydrogen-bond donors (Lipinski definition) is 1. The Morgan fingerprint density at radius 3 is 2.59 bits per heavy atom. The molecular formula is C14H13ClO2. The summed E-state index contributed by atoms with van der Waals surface area (Å²) >= 11 is 6.42. The Bertz CT molecular complexity index is 499. The number of Topliss-reactive ketones (excluding diaryl/α,β-unsaturated/α-hetero) is 1. The first-order chi connectivity index (χ1) is 8.04. The lowest BCUT2D eigenvalue weighted by Gasteiger charge is -2.28. The maximum atomic E-state index is 11.7. The smallest absolute Gasteiger partial charge is 0.155 e. The van der Waals surface area contributed by atoms with E-state index in [9.17, 15) is 9.90 Å². The fourth-order valence-electron chi connectivity index (χ4n) is 1.94. The van der Waals surface area contributed by atoms with Crippen molar-refractivity contribution in [1.29, 1.82) is 0 Å². The molecule has 0 aliphatic heterocycles. The first kappa shape index (κ1) is 11.9. The molecule has 88 valence electrons. The average Bonchev–Trinajstić information content (AvgIpc) is 2.31. The van der Waals surface area contributed by atoms with Crippen LogP contribution in [-0.2, 0) is 4.79 Å². The molecule has 0 spiro atoms. The Kier molecular flexibility index (Phi) is 3.07. The van der Waals surface area contributed by atoms with Crippen molar-refractivity contribution in [3.63, 3.8) is 0 Å². The molecule has 0 saturated heterocycles. The number of halogens is 1. The van der Waals surface area contributed by atoms with Crippen LogP contribution in [0.2, 0.25) is 0 Å². The number of allylic oxidation sites excluding steroid dienone is 4. The minimum atomic E-state index is -0.980. The monoisotopic (exact) mass is 248 g/mol. The number of aromatic hydroxyl groups is 1. The fourth-order valence-corrected chi connectivity index (χ4v) is 2.20. The third-order valence-electron chi connectivity index (χ3n) is 2.96. The summed E-state index contributed by atoms with van der Waals surface area (Å²) in [4.78, 5) is 10.7. The molecular weight excluding hydrogens is 236 g/mol. The van der Waals surface area contributed by atoms with Crippen LogP contribution in [0, 0.1) is 0 Å². The first-order valence-electron chi connectivity index (χ1n) is 5.41.